The van der Waals surface area contributed by atoms with Crippen molar-refractivity contribution in [3.05, 3.63) is 57.9 Å². The molecule has 0 aliphatic carbocycles. The van der Waals surface area contributed by atoms with Gasteiger partial charge < -0.3 is 11.1 Å². The topological polar surface area (TPSA) is 133 Å². The van der Waals surface area contributed by atoms with Gasteiger partial charge in [-0.25, -0.2) is 9.37 Å². The van der Waals surface area contributed by atoms with Gasteiger partial charge >= 0.3 is 0 Å². The first-order valence-electron chi connectivity index (χ1n) is 5.85. The third kappa shape index (κ3) is 2.10. The minimum atomic E-state index is -0.662. The number of pyridine rings is 1. The average Bonchev–Trinajstić information content (AvgIpc) is 2.90. The molecule has 2 heterocycles. The van der Waals surface area contributed by atoms with Crippen molar-refractivity contribution in [3.63, 3.8) is 0 Å². The summed E-state index contributed by atoms with van der Waals surface area (Å²) in [5.74, 6) is -0.388. The molecule has 7 nitrogen and oxygen atoms in total. The highest BCUT2D eigenvalue weighted by molar-refractivity contribution is 5.81. The number of halogens is 1. The maximum atomic E-state index is 13.0. The number of benzene rings is 1. The van der Waals surface area contributed by atoms with Crippen molar-refractivity contribution in [1.82, 2.24) is 20.7 Å². The summed E-state index contributed by atoms with van der Waals surface area (Å²) in [5.41, 5.74) is 0.0696. The molecule has 0 fully saturated rings. The molecule has 3 aromatic rings. The van der Waals surface area contributed by atoms with Crippen LogP contribution in [0.25, 0.3) is 16.9 Å². The molecule has 0 saturated carbocycles. The Morgan fingerprint density at radius 2 is 1.77 bits per heavy atom. The second-order valence-corrected chi connectivity index (χ2v) is 4.22. The van der Waals surface area contributed by atoms with Gasteiger partial charge in [-0.3, -0.25) is 9.36 Å². The molecule has 0 atom stereocenters. The molecule has 22 heavy (non-hydrogen) atoms. The lowest BCUT2D eigenvalue weighted by atomic mass is 10.1. The molecule has 108 valence electrons. The van der Waals surface area contributed by atoms with Crippen LogP contribution in [0.5, 0.6) is 0 Å². The Hall–Kier alpha value is -3.49. The zero-order valence-corrected chi connectivity index (χ0v) is 11.2. The second-order valence-electron chi connectivity index (χ2n) is 4.22. The van der Waals surface area contributed by atoms with E-state index in [1.807, 2.05) is 6.07 Å². The molecule has 8 heteroatoms. The Bertz CT molecular complexity index is 988. The Balaban J connectivity index is 0.00000176. The van der Waals surface area contributed by atoms with E-state index >= 15 is 0 Å². The minimum absolute atomic E-state index is 0. The Morgan fingerprint density at radius 3 is 2.36 bits per heavy atom. The van der Waals surface area contributed by atoms with E-state index in [0.29, 0.717) is 5.69 Å². The molecule has 1 aromatic carbocycles. The number of imidazole rings is 1. The van der Waals surface area contributed by atoms with Gasteiger partial charge in [0.05, 0.1) is 0 Å². The molecular formula is C14H9FN6O. The van der Waals surface area contributed by atoms with Gasteiger partial charge in [0.1, 0.15) is 46.6 Å². The SMILES string of the molecule is N.N#Cc1c(C#N)c2ncn(-c3ccc(F)cc3)c2[nH]c1=O. The number of hydrogen-bond donors (Lipinski definition) is 2. The lowest BCUT2D eigenvalue weighted by Gasteiger charge is -2.04. The van der Waals surface area contributed by atoms with E-state index in [1.165, 1.54) is 35.2 Å². The molecule has 0 bridgehead atoms. The number of nitriles is 2. The van der Waals surface area contributed by atoms with Crippen molar-refractivity contribution in [2.75, 3.05) is 0 Å². The van der Waals surface area contributed by atoms with E-state index in [2.05, 4.69) is 9.97 Å². The lowest BCUT2D eigenvalue weighted by Crippen LogP contribution is -2.13. The highest BCUT2D eigenvalue weighted by Gasteiger charge is 2.16. The molecule has 2 aromatic heterocycles. The zero-order valence-electron chi connectivity index (χ0n) is 11.2. The molecule has 0 aliphatic heterocycles. The van der Waals surface area contributed by atoms with E-state index in [-0.39, 0.29) is 34.3 Å². The van der Waals surface area contributed by atoms with Gasteiger partial charge in [-0.2, -0.15) is 10.5 Å². The smallest absolute Gasteiger partial charge is 0.268 e. The maximum absolute atomic E-state index is 13.0. The summed E-state index contributed by atoms with van der Waals surface area (Å²) >= 11 is 0. The standard InChI is InChI=1S/C14H6FN5O.H3N/c15-8-1-3-9(4-2-8)20-7-18-12-10(5-16)11(6-17)14(21)19-13(12)20;/h1-4,7H,(H,19,21);1H3. The average molecular weight is 296 g/mol. The van der Waals surface area contributed by atoms with Crippen molar-refractivity contribution >= 4 is 11.2 Å². The number of nitrogens with zero attached hydrogens (tertiary/aromatic N) is 4. The third-order valence-corrected chi connectivity index (χ3v) is 3.04. The minimum Gasteiger partial charge on any atom is -0.344 e. The molecule has 0 amide bonds. The number of aromatic amines is 1. The largest absolute Gasteiger partial charge is 0.344 e. The first-order chi connectivity index (χ1) is 10.2. The van der Waals surface area contributed by atoms with Gasteiger partial charge in [-0.15, -0.1) is 0 Å². The first kappa shape index (κ1) is 14.9. The molecule has 4 N–H and O–H groups in total. The van der Waals surface area contributed by atoms with Gasteiger partial charge in [0.2, 0.25) is 0 Å². The number of nitrogens with one attached hydrogen (secondary N) is 1. The summed E-state index contributed by atoms with van der Waals surface area (Å²) < 4.78 is 14.5. The van der Waals surface area contributed by atoms with Crippen LogP contribution < -0.4 is 11.7 Å². The molecule has 0 radical (unpaired) electrons. The molecular weight excluding hydrogens is 287 g/mol. The van der Waals surface area contributed by atoms with E-state index in [0.717, 1.165) is 0 Å². The Morgan fingerprint density at radius 1 is 1.14 bits per heavy atom. The fourth-order valence-electron chi connectivity index (χ4n) is 2.07. The monoisotopic (exact) mass is 296 g/mol. The predicted molar refractivity (Wildman–Crippen MR) is 76.1 cm³/mol. The lowest BCUT2D eigenvalue weighted by molar-refractivity contribution is 0.627. The molecule has 0 saturated heterocycles. The van der Waals surface area contributed by atoms with Gasteiger partial charge in [-0.1, -0.05) is 0 Å². The van der Waals surface area contributed by atoms with Gasteiger partial charge in [-0.05, 0) is 24.3 Å². The first-order valence-corrected chi connectivity index (χ1v) is 5.85. The van der Waals surface area contributed by atoms with Crippen LogP contribution in [0, 0.1) is 28.5 Å². The number of fused-ring (bicyclic) bond motifs is 1. The zero-order chi connectivity index (χ0) is 15.0. The molecule has 0 unspecified atom stereocenters. The summed E-state index contributed by atoms with van der Waals surface area (Å²) in [7, 11) is 0. The summed E-state index contributed by atoms with van der Waals surface area (Å²) in [4.78, 5) is 18.4. The van der Waals surface area contributed by atoms with Crippen LogP contribution in [0.1, 0.15) is 11.1 Å². The summed E-state index contributed by atoms with van der Waals surface area (Å²) in [6, 6.07) is 9.09. The van der Waals surface area contributed by atoms with Crippen molar-refractivity contribution < 1.29 is 4.39 Å². The van der Waals surface area contributed by atoms with Crippen LogP contribution in [0.4, 0.5) is 4.39 Å². The van der Waals surface area contributed by atoms with Crippen LogP contribution in [0.3, 0.4) is 0 Å². The molecule has 0 aliphatic rings. The fraction of sp³-hybridized carbons (Fsp3) is 0. The maximum Gasteiger partial charge on any atom is 0.268 e. The fourth-order valence-corrected chi connectivity index (χ4v) is 2.07. The second kappa shape index (κ2) is 5.48. The van der Waals surface area contributed by atoms with Crippen LogP contribution in [-0.4, -0.2) is 14.5 Å². The van der Waals surface area contributed by atoms with Crippen molar-refractivity contribution in [1.29, 1.82) is 10.5 Å². The van der Waals surface area contributed by atoms with E-state index < -0.39 is 5.56 Å². The Kier molecular flexibility index (Phi) is 3.71. The van der Waals surface area contributed by atoms with Crippen molar-refractivity contribution in [2.24, 2.45) is 0 Å². The predicted octanol–water partition coefficient (Wildman–Crippen LogP) is 1.76. The highest BCUT2D eigenvalue weighted by Crippen LogP contribution is 2.19. The summed E-state index contributed by atoms with van der Waals surface area (Å²) in [6.45, 7) is 0. The van der Waals surface area contributed by atoms with Gasteiger partial charge in [0.15, 0.2) is 0 Å². The number of rotatable bonds is 1. The highest BCUT2D eigenvalue weighted by atomic mass is 19.1. The van der Waals surface area contributed by atoms with Crippen LogP contribution in [0.2, 0.25) is 0 Å². The van der Waals surface area contributed by atoms with Crippen LogP contribution >= 0.6 is 0 Å². The van der Waals surface area contributed by atoms with Crippen LogP contribution in [-0.2, 0) is 0 Å². The van der Waals surface area contributed by atoms with Gasteiger partial charge in [0.25, 0.3) is 5.56 Å². The van der Waals surface area contributed by atoms with E-state index in [1.54, 1.807) is 6.07 Å². The normalized spacial score (nSPS) is 9.77. The quantitative estimate of drug-likeness (QED) is 0.705. The summed E-state index contributed by atoms with van der Waals surface area (Å²) in [6.07, 6.45) is 1.40. The van der Waals surface area contributed by atoms with Crippen LogP contribution in [0.15, 0.2) is 35.4 Å². The van der Waals surface area contributed by atoms with E-state index in [4.69, 9.17) is 10.5 Å². The van der Waals surface area contributed by atoms with Crippen molar-refractivity contribution in [2.45, 2.75) is 0 Å². The van der Waals surface area contributed by atoms with E-state index in [9.17, 15) is 9.18 Å². The number of aromatic nitrogens is 3. The third-order valence-electron chi connectivity index (χ3n) is 3.04. The number of H-pyrrole nitrogens is 1. The summed E-state index contributed by atoms with van der Waals surface area (Å²) in [5, 5.41) is 18.1. The van der Waals surface area contributed by atoms with Gasteiger partial charge in [0, 0.05) is 5.69 Å². The Labute approximate surface area is 123 Å². The molecule has 0 spiro atoms. The van der Waals surface area contributed by atoms with Crippen molar-refractivity contribution in [3.8, 4) is 17.8 Å². The number of hydrogen-bond acceptors (Lipinski definition) is 5. The molecule has 3 rings (SSSR count).